The summed E-state index contributed by atoms with van der Waals surface area (Å²) in [5.74, 6) is 0. The van der Waals surface area contributed by atoms with Gasteiger partial charge in [-0.25, -0.2) is 0 Å². The quantitative estimate of drug-likeness (QED) is 0.617. The van der Waals surface area contributed by atoms with Crippen LogP contribution >= 0.6 is 0 Å². The van der Waals surface area contributed by atoms with E-state index in [-0.39, 0.29) is 0 Å². The Kier molecular flexibility index (Phi) is 5.72. The van der Waals surface area contributed by atoms with Gasteiger partial charge in [0, 0.05) is 6.61 Å². The van der Waals surface area contributed by atoms with Crippen molar-refractivity contribution >= 4 is 9.04 Å². The molecule has 1 atom stereocenters. The minimum Gasteiger partial charge on any atom is -0.420 e. The lowest BCUT2D eigenvalue weighted by Gasteiger charge is -2.28. The molecule has 0 bridgehead atoms. The lowest BCUT2D eigenvalue weighted by Crippen LogP contribution is -2.26. The van der Waals surface area contributed by atoms with E-state index in [2.05, 4.69) is 13.8 Å². The van der Waals surface area contributed by atoms with Gasteiger partial charge in [-0.1, -0.05) is 45.4 Å². The van der Waals surface area contributed by atoms with Gasteiger partial charge in [-0.05, 0) is 18.5 Å². The Labute approximate surface area is 84.6 Å². The topological polar surface area (TPSA) is 9.23 Å². The average molecular weight is 200 g/mol. The molecule has 1 nitrogen and oxygen atoms in total. The van der Waals surface area contributed by atoms with Crippen molar-refractivity contribution in [1.82, 2.24) is 0 Å². The van der Waals surface area contributed by atoms with Crippen LogP contribution in [0.4, 0.5) is 0 Å². The van der Waals surface area contributed by atoms with E-state index in [1.807, 2.05) is 0 Å². The largest absolute Gasteiger partial charge is 0.420 e. The number of hydrogen-bond donors (Lipinski definition) is 0. The highest BCUT2D eigenvalue weighted by molar-refractivity contribution is 6.53. The standard InChI is InChI=1S/C11H24OSi/c1-3-10-13(12-4-2)11-8-6-5-7-9-11/h11,13H,3-10H2,1-2H3. The Morgan fingerprint density at radius 1 is 1.15 bits per heavy atom. The predicted octanol–water partition coefficient (Wildman–Crippen LogP) is 3.49. The van der Waals surface area contributed by atoms with Crippen LogP contribution in [0.25, 0.3) is 0 Å². The second-order valence-corrected chi connectivity index (χ2v) is 7.11. The van der Waals surface area contributed by atoms with Gasteiger partial charge in [-0.15, -0.1) is 0 Å². The van der Waals surface area contributed by atoms with Crippen LogP contribution in [0.15, 0.2) is 0 Å². The van der Waals surface area contributed by atoms with Crippen molar-refractivity contribution in [3.8, 4) is 0 Å². The molecule has 1 aliphatic rings. The summed E-state index contributed by atoms with van der Waals surface area (Å²) in [5, 5.41) is 0. The molecule has 0 aromatic rings. The summed E-state index contributed by atoms with van der Waals surface area (Å²) >= 11 is 0. The first-order valence-electron chi connectivity index (χ1n) is 6.00. The van der Waals surface area contributed by atoms with Crippen LogP contribution in [-0.2, 0) is 4.43 Å². The Balaban J connectivity index is 2.32. The van der Waals surface area contributed by atoms with E-state index in [4.69, 9.17) is 4.43 Å². The van der Waals surface area contributed by atoms with E-state index >= 15 is 0 Å². The SMILES string of the molecule is CCC[SiH](OCC)C1CCCCC1. The van der Waals surface area contributed by atoms with E-state index in [9.17, 15) is 0 Å². The van der Waals surface area contributed by atoms with Crippen molar-refractivity contribution < 1.29 is 4.43 Å². The molecule has 0 radical (unpaired) electrons. The van der Waals surface area contributed by atoms with Crippen LogP contribution in [-0.4, -0.2) is 15.6 Å². The van der Waals surface area contributed by atoms with Crippen LogP contribution in [0.1, 0.15) is 52.4 Å². The van der Waals surface area contributed by atoms with Gasteiger partial charge in [0.1, 0.15) is 0 Å². The Hall–Kier alpha value is 0.177. The zero-order valence-electron chi connectivity index (χ0n) is 9.22. The minimum absolute atomic E-state index is 0.815. The molecule has 0 aliphatic heterocycles. The van der Waals surface area contributed by atoms with Crippen molar-refractivity contribution in [1.29, 1.82) is 0 Å². The lowest BCUT2D eigenvalue weighted by molar-refractivity contribution is 0.318. The van der Waals surface area contributed by atoms with Gasteiger partial charge in [0.15, 0.2) is 9.04 Å². The fourth-order valence-electron chi connectivity index (χ4n) is 2.46. The van der Waals surface area contributed by atoms with Gasteiger partial charge >= 0.3 is 0 Å². The fraction of sp³-hybridized carbons (Fsp3) is 1.00. The van der Waals surface area contributed by atoms with E-state index in [1.165, 1.54) is 44.6 Å². The molecule has 0 spiro atoms. The zero-order chi connectivity index (χ0) is 9.52. The van der Waals surface area contributed by atoms with Crippen LogP contribution in [0.3, 0.4) is 0 Å². The molecule has 0 saturated heterocycles. The van der Waals surface area contributed by atoms with Gasteiger partial charge in [0.2, 0.25) is 0 Å². The summed E-state index contributed by atoms with van der Waals surface area (Å²) < 4.78 is 5.96. The summed E-state index contributed by atoms with van der Waals surface area (Å²) in [6.45, 7) is 5.40. The maximum absolute atomic E-state index is 5.96. The third-order valence-electron chi connectivity index (χ3n) is 3.13. The molecular weight excluding hydrogens is 176 g/mol. The highest BCUT2D eigenvalue weighted by Gasteiger charge is 2.24. The average Bonchev–Trinajstić information content (AvgIpc) is 2.19. The molecule has 1 saturated carbocycles. The van der Waals surface area contributed by atoms with E-state index in [0.717, 1.165) is 12.1 Å². The summed E-state index contributed by atoms with van der Waals surface area (Å²) in [6.07, 6.45) is 8.66. The molecule has 1 aliphatic carbocycles. The van der Waals surface area contributed by atoms with Gasteiger partial charge < -0.3 is 4.43 Å². The van der Waals surface area contributed by atoms with Gasteiger partial charge in [-0.3, -0.25) is 0 Å². The molecule has 0 aromatic heterocycles. The predicted molar refractivity (Wildman–Crippen MR) is 60.7 cm³/mol. The van der Waals surface area contributed by atoms with Crippen LogP contribution in [0.5, 0.6) is 0 Å². The third kappa shape index (κ3) is 3.82. The first-order valence-corrected chi connectivity index (χ1v) is 7.95. The minimum atomic E-state index is -0.815. The molecule has 0 N–H and O–H groups in total. The number of rotatable bonds is 5. The highest BCUT2D eigenvalue weighted by Crippen LogP contribution is 2.33. The number of hydrogen-bond acceptors (Lipinski definition) is 1. The first-order chi connectivity index (χ1) is 6.38. The van der Waals surface area contributed by atoms with Crippen molar-refractivity contribution in [3.63, 3.8) is 0 Å². The monoisotopic (exact) mass is 200 g/mol. The third-order valence-corrected chi connectivity index (χ3v) is 6.76. The molecule has 2 heteroatoms. The zero-order valence-corrected chi connectivity index (χ0v) is 10.4. The van der Waals surface area contributed by atoms with Crippen LogP contribution < -0.4 is 0 Å². The van der Waals surface area contributed by atoms with Gasteiger partial charge in [0.05, 0.1) is 0 Å². The first kappa shape index (κ1) is 11.3. The summed E-state index contributed by atoms with van der Waals surface area (Å²) in [7, 11) is -0.815. The van der Waals surface area contributed by atoms with Crippen molar-refractivity contribution in [2.75, 3.05) is 6.61 Å². The molecule has 78 valence electrons. The molecule has 1 rings (SSSR count). The summed E-state index contributed by atoms with van der Waals surface area (Å²) in [4.78, 5) is 0. The van der Waals surface area contributed by atoms with Crippen molar-refractivity contribution in [2.45, 2.75) is 64.0 Å². The molecule has 0 aromatic carbocycles. The Morgan fingerprint density at radius 3 is 2.38 bits per heavy atom. The van der Waals surface area contributed by atoms with Crippen LogP contribution in [0, 0.1) is 0 Å². The van der Waals surface area contributed by atoms with E-state index in [1.54, 1.807) is 0 Å². The van der Waals surface area contributed by atoms with E-state index in [0.29, 0.717) is 0 Å². The summed E-state index contributed by atoms with van der Waals surface area (Å²) in [6, 6.07) is 1.40. The fourth-order valence-corrected chi connectivity index (χ4v) is 5.58. The van der Waals surface area contributed by atoms with Crippen LogP contribution in [0.2, 0.25) is 11.6 Å². The second-order valence-electron chi connectivity index (χ2n) is 4.18. The Morgan fingerprint density at radius 2 is 1.85 bits per heavy atom. The summed E-state index contributed by atoms with van der Waals surface area (Å²) in [5.41, 5.74) is 1.01. The van der Waals surface area contributed by atoms with Gasteiger partial charge in [-0.2, -0.15) is 0 Å². The van der Waals surface area contributed by atoms with Gasteiger partial charge in [0.25, 0.3) is 0 Å². The lowest BCUT2D eigenvalue weighted by atomic mass is 10.0. The molecule has 13 heavy (non-hydrogen) atoms. The maximum atomic E-state index is 5.96. The highest BCUT2D eigenvalue weighted by atomic mass is 28.3. The molecule has 1 fully saturated rings. The van der Waals surface area contributed by atoms with Crippen molar-refractivity contribution in [3.05, 3.63) is 0 Å². The smallest absolute Gasteiger partial charge is 0.179 e. The maximum Gasteiger partial charge on any atom is 0.179 e. The normalized spacial score (nSPS) is 21.7. The molecule has 0 amide bonds. The molecule has 1 unspecified atom stereocenters. The molecular formula is C11H24OSi. The van der Waals surface area contributed by atoms with E-state index < -0.39 is 9.04 Å². The Bertz CT molecular complexity index is 115. The van der Waals surface area contributed by atoms with Crippen molar-refractivity contribution in [2.24, 2.45) is 0 Å². The second kappa shape index (κ2) is 6.60. The molecule has 0 heterocycles.